The molecular weight excluding hydrogens is 303 g/mol. The molecule has 0 bridgehead atoms. The molecule has 0 aliphatic rings. The summed E-state index contributed by atoms with van der Waals surface area (Å²) in [6.45, 7) is 1.90. The van der Waals surface area contributed by atoms with Gasteiger partial charge in [-0.05, 0) is 55.0 Å². The molecular formula is C20H17FN2O. The lowest BCUT2D eigenvalue weighted by molar-refractivity contribution is 0.102. The molecule has 1 amide bonds. The minimum atomic E-state index is -0.311. The first kappa shape index (κ1) is 15.7. The van der Waals surface area contributed by atoms with E-state index in [2.05, 4.69) is 10.6 Å². The van der Waals surface area contributed by atoms with Gasteiger partial charge in [0, 0.05) is 16.9 Å². The maximum Gasteiger partial charge on any atom is 0.255 e. The van der Waals surface area contributed by atoms with Crippen molar-refractivity contribution in [3.63, 3.8) is 0 Å². The maximum atomic E-state index is 13.6. The molecule has 3 aromatic carbocycles. The Bertz CT molecular complexity index is 860. The number of anilines is 3. The lowest BCUT2D eigenvalue weighted by Crippen LogP contribution is -2.13. The van der Waals surface area contributed by atoms with E-state index in [1.807, 2.05) is 25.1 Å². The van der Waals surface area contributed by atoms with Gasteiger partial charge in [-0.25, -0.2) is 4.39 Å². The minimum Gasteiger partial charge on any atom is -0.353 e. The Morgan fingerprint density at radius 3 is 2.17 bits per heavy atom. The molecule has 2 N–H and O–H groups in total. The summed E-state index contributed by atoms with van der Waals surface area (Å²) in [7, 11) is 0. The van der Waals surface area contributed by atoms with E-state index < -0.39 is 0 Å². The largest absolute Gasteiger partial charge is 0.353 e. The van der Waals surface area contributed by atoms with E-state index in [1.54, 1.807) is 48.5 Å². The predicted octanol–water partition coefficient (Wildman–Crippen LogP) is 5.13. The summed E-state index contributed by atoms with van der Waals surface area (Å²) < 4.78 is 13.6. The second-order valence-electron chi connectivity index (χ2n) is 5.45. The summed E-state index contributed by atoms with van der Waals surface area (Å²) in [5.41, 5.74) is 3.41. The summed E-state index contributed by atoms with van der Waals surface area (Å²) in [5.74, 6) is -0.461. The summed E-state index contributed by atoms with van der Waals surface area (Å²) >= 11 is 0. The average Bonchev–Trinajstić information content (AvgIpc) is 2.59. The number of amides is 1. The van der Waals surface area contributed by atoms with Crippen LogP contribution in [0.15, 0.2) is 72.8 Å². The fourth-order valence-electron chi connectivity index (χ4n) is 2.38. The zero-order chi connectivity index (χ0) is 16.9. The maximum absolute atomic E-state index is 13.6. The van der Waals surface area contributed by atoms with Gasteiger partial charge >= 0.3 is 0 Å². The van der Waals surface area contributed by atoms with Crippen LogP contribution in [0.4, 0.5) is 21.5 Å². The number of aryl methyl sites for hydroxylation is 1. The van der Waals surface area contributed by atoms with Gasteiger partial charge in [-0.1, -0.05) is 30.3 Å². The van der Waals surface area contributed by atoms with E-state index in [-0.39, 0.29) is 11.7 Å². The van der Waals surface area contributed by atoms with Crippen molar-refractivity contribution in [2.45, 2.75) is 6.92 Å². The molecule has 4 heteroatoms. The Morgan fingerprint density at radius 1 is 0.833 bits per heavy atom. The van der Waals surface area contributed by atoms with Crippen LogP contribution < -0.4 is 10.6 Å². The lowest BCUT2D eigenvalue weighted by atomic mass is 10.1. The zero-order valence-corrected chi connectivity index (χ0v) is 13.2. The van der Waals surface area contributed by atoms with E-state index in [1.165, 1.54) is 6.07 Å². The number of hydrogen-bond acceptors (Lipinski definition) is 2. The SMILES string of the molecule is Cc1ccccc1C(=O)Nc1ccc(Nc2ccccc2F)cc1. The van der Waals surface area contributed by atoms with Crippen LogP contribution in [0, 0.1) is 12.7 Å². The molecule has 0 aliphatic carbocycles. The van der Waals surface area contributed by atoms with Crippen molar-refractivity contribution >= 4 is 23.0 Å². The van der Waals surface area contributed by atoms with Crippen molar-refractivity contribution in [1.82, 2.24) is 0 Å². The van der Waals surface area contributed by atoms with Crippen LogP contribution >= 0.6 is 0 Å². The smallest absolute Gasteiger partial charge is 0.255 e. The van der Waals surface area contributed by atoms with Gasteiger partial charge in [0.05, 0.1) is 5.69 Å². The molecule has 3 aromatic rings. The predicted molar refractivity (Wildman–Crippen MR) is 95.3 cm³/mol. The highest BCUT2D eigenvalue weighted by atomic mass is 19.1. The van der Waals surface area contributed by atoms with Gasteiger partial charge in [-0.2, -0.15) is 0 Å². The van der Waals surface area contributed by atoms with Crippen molar-refractivity contribution in [2.24, 2.45) is 0 Å². The standard InChI is InChI=1S/C20H17FN2O/c1-14-6-2-3-7-17(14)20(24)23-16-12-10-15(11-13-16)22-19-9-5-4-8-18(19)21/h2-13,22H,1H3,(H,23,24). The summed E-state index contributed by atoms with van der Waals surface area (Å²) in [4.78, 5) is 12.3. The molecule has 3 rings (SSSR count). The number of halogens is 1. The normalized spacial score (nSPS) is 10.2. The third-order valence-corrected chi connectivity index (χ3v) is 3.69. The highest BCUT2D eigenvalue weighted by Crippen LogP contribution is 2.21. The number of carbonyl (C=O) groups excluding carboxylic acids is 1. The first-order valence-electron chi connectivity index (χ1n) is 7.62. The van der Waals surface area contributed by atoms with Gasteiger partial charge in [0.25, 0.3) is 5.91 Å². The summed E-state index contributed by atoms with van der Waals surface area (Å²) in [6.07, 6.45) is 0. The molecule has 0 heterocycles. The fourth-order valence-corrected chi connectivity index (χ4v) is 2.38. The first-order chi connectivity index (χ1) is 11.6. The Morgan fingerprint density at radius 2 is 1.46 bits per heavy atom. The quantitative estimate of drug-likeness (QED) is 0.699. The van der Waals surface area contributed by atoms with E-state index in [4.69, 9.17) is 0 Å². The van der Waals surface area contributed by atoms with Crippen molar-refractivity contribution in [2.75, 3.05) is 10.6 Å². The molecule has 0 radical (unpaired) electrons. The Labute approximate surface area is 140 Å². The second kappa shape index (κ2) is 6.96. The van der Waals surface area contributed by atoms with Crippen molar-refractivity contribution in [1.29, 1.82) is 0 Å². The molecule has 0 saturated heterocycles. The van der Waals surface area contributed by atoms with Crippen molar-refractivity contribution in [3.05, 3.63) is 89.7 Å². The second-order valence-corrected chi connectivity index (χ2v) is 5.45. The van der Waals surface area contributed by atoms with Gasteiger partial charge in [-0.3, -0.25) is 4.79 Å². The van der Waals surface area contributed by atoms with Gasteiger partial charge in [0.15, 0.2) is 0 Å². The molecule has 0 spiro atoms. The van der Waals surface area contributed by atoms with Crippen LogP contribution in [0.3, 0.4) is 0 Å². The first-order valence-corrected chi connectivity index (χ1v) is 7.62. The molecule has 0 aromatic heterocycles. The Balaban J connectivity index is 1.70. The number of benzene rings is 3. The number of rotatable bonds is 4. The van der Waals surface area contributed by atoms with E-state index >= 15 is 0 Å². The van der Waals surface area contributed by atoms with Gasteiger partial charge < -0.3 is 10.6 Å². The van der Waals surface area contributed by atoms with Gasteiger partial charge in [0.2, 0.25) is 0 Å². The summed E-state index contributed by atoms with van der Waals surface area (Å²) in [6, 6.07) is 21.0. The molecule has 0 atom stereocenters. The van der Waals surface area contributed by atoms with Crippen molar-refractivity contribution < 1.29 is 9.18 Å². The molecule has 24 heavy (non-hydrogen) atoms. The van der Waals surface area contributed by atoms with E-state index in [0.717, 1.165) is 11.3 Å². The molecule has 0 unspecified atom stereocenters. The van der Waals surface area contributed by atoms with Gasteiger partial charge in [0.1, 0.15) is 5.82 Å². The van der Waals surface area contributed by atoms with E-state index in [0.29, 0.717) is 16.9 Å². The topological polar surface area (TPSA) is 41.1 Å². The van der Waals surface area contributed by atoms with Crippen LogP contribution in [-0.4, -0.2) is 5.91 Å². The number of para-hydroxylation sites is 1. The number of carbonyl (C=O) groups is 1. The van der Waals surface area contributed by atoms with Crippen LogP contribution in [0.5, 0.6) is 0 Å². The molecule has 3 nitrogen and oxygen atoms in total. The average molecular weight is 320 g/mol. The van der Waals surface area contributed by atoms with Crippen molar-refractivity contribution in [3.8, 4) is 0 Å². The molecule has 0 fully saturated rings. The zero-order valence-electron chi connectivity index (χ0n) is 13.2. The van der Waals surface area contributed by atoms with Crippen LogP contribution in [0.1, 0.15) is 15.9 Å². The highest BCUT2D eigenvalue weighted by Gasteiger charge is 2.08. The third-order valence-electron chi connectivity index (χ3n) is 3.69. The van der Waals surface area contributed by atoms with Crippen LogP contribution in [0.25, 0.3) is 0 Å². The number of nitrogens with one attached hydrogen (secondary N) is 2. The molecule has 0 saturated carbocycles. The minimum absolute atomic E-state index is 0.150. The van der Waals surface area contributed by atoms with E-state index in [9.17, 15) is 9.18 Å². The molecule has 0 aliphatic heterocycles. The Hall–Kier alpha value is -3.14. The van der Waals surface area contributed by atoms with Crippen LogP contribution in [0.2, 0.25) is 0 Å². The van der Waals surface area contributed by atoms with Gasteiger partial charge in [-0.15, -0.1) is 0 Å². The highest BCUT2D eigenvalue weighted by molar-refractivity contribution is 6.05. The Kier molecular flexibility index (Phi) is 4.57. The number of hydrogen-bond donors (Lipinski definition) is 2. The fraction of sp³-hybridized carbons (Fsp3) is 0.0500. The lowest BCUT2D eigenvalue weighted by Gasteiger charge is -2.10. The monoisotopic (exact) mass is 320 g/mol. The summed E-state index contributed by atoms with van der Waals surface area (Å²) in [5, 5.41) is 5.87. The molecule has 120 valence electrons. The van der Waals surface area contributed by atoms with Crippen LogP contribution in [-0.2, 0) is 0 Å². The third kappa shape index (κ3) is 3.60.